The predicted octanol–water partition coefficient (Wildman–Crippen LogP) is 0.457. The molecule has 218 valence electrons. The number of hydrogen-bond donors (Lipinski definition) is 4. The van der Waals surface area contributed by atoms with E-state index >= 15 is 0 Å². The van der Waals surface area contributed by atoms with Gasteiger partial charge in [-0.2, -0.15) is 0 Å². The maximum Gasteiger partial charge on any atom is 0.410 e. The standard InChI is InChI=1S/C26H37N7O7/c1-2-28-24(37)21-19(35)20(36)25(40-21)33-13-29-18-22(27)30-17(31-23(18)33)5-3-4-14-8-10-32(11-9-14)26(38)39-16-7-6-15(34)12-16/h13-14,16,19-21,25,35-36H,2-12H2,1H3,(H,28,37)(H2,27,30,31)/t16?,19-,20?,21+,25-/m1/s1. The van der Waals surface area contributed by atoms with Crippen LogP contribution < -0.4 is 11.1 Å². The van der Waals surface area contributed by atoms with Crippen molar-refractivity contribution < 1.29 is 34.1 Å². The van der Waals surface area contributed by atoms with Crippen molar-refractivity contribution in [2.24, 2.45) is 5.92 Å². The van der Waals surface area contributed by atoms with Crippen LogP contribution >= 0.6 is 0 Å². The fourth-order valence-corrected chi connectivity index (χ4v) is 5.71. The lowest BCUT2D eigenvalue weighted by atomic mass is 9.91. The number of fused-ring (bicyclic) bond motifs is 1. The zero-order valence-corrected chi connectivity index (χ0v) is 22.6. The highest BCUT2D eigenvalue weighted by Gasteiger charge is 2.47. The largest absolute Gasteiger partial charge is 0.446 e. The molecule has 1 saturated carbocycles. The molecule has 4 heterocycles. The SMILES string of the molecule is CCNC(=O)[C@H]1O[C@@H](n2cnc3c(N)nc(CCCC4CCN(C(=O)OC5CCC(=O)C5)CC4)nc32)C(O)[C@H]1O. The van der Waals surface area contributed by atoms with Crippen molar-refractivity contribution in [3.63, 3.8) is 0 Å². The lowest BCUT2D eigenvalue weighted by Gasteiger charge is -2.32. The van der Waals surface area contributed by atoms with E-state index in [1.54, 1.807) is 11.8 Å². The van der Waals surface area contributed by atoms with Gasteiger partial charge < -0.3 is 35.6 Å². The highest BCUT2D eigenvalue weighted by molar-refractivity contribution is 5.83. The summed E-state index contributed by atoms with van der Waals surface area (Å²) in [5, 5.41) is 23.6. The van der Waals surface area contributed by atoms with Crippen LogP contribution in [0.25, 0.3) is 11.2 Å². The Morgan fingerprint density at radius 2 is 1.98 bits per heavy atom. The van der Waals surface area contributed by atoms with Crippen LogP contribution in [0.3, 0.4) is 0 Å². The first kappa shape index (κ1) is 28.2. The molecule has 2 unspecified atom stereocenters. The number of aromatic nitrogens is 4. The van der Waals surface area contributed by atoms with Gasteiger partial charge in [0, 0.05) is 38.9 Å². The number of nitrogens with zero attached hydrogens (tertiary/aromatic N) is 5. The van der Waals surface area contributed by atoms with Crippen molar-refractivity contribution in [3.8, 4) is 0 Å². The van der Waals surface area contributed by atoms with E-state index in [0.29, 0.717) is 68.2 Å². The summed E-state index contributed by atoms with van der Waals surface area (Å²) in [7, 11) is 0. The molecule has 0 bridgehead atoms. The van der Waals surface area contributed by atoms with Gasteiger partial charge in [-0.1, -0.05) is 0 Å². The van der Waals surface area contributed by atoms with Crippen LogP contribution in [0.1, 0.15) is 63.9 Å². The van der Waals surface area contributed by atoms with Gasteiger partial charge in [-0.05, 0) is 44.9 Å². The first-order valence-corrected chi connectivity index (χ1v) is 14.0. The molecule has 2 aliphatic heterocycles. The average molecular weight is 560 g/mol. The number of carbonyl (C=O) groups excluding carboxylic acids is 3. The van der Waals surface area contributed by atoms with Gasteiger partial charge in [0.25, 0.3) is 5.91 Å². The number of likely N-dealkylation sites (N-methyl/N-ethyl adjacent to an activating group) is 1. The van der Waals surface area contributed by atoms with Crippen molar-refractivity contribution in [1.82, 2.24) is 29.7 Å². The molecule has 2 aromatic rings. The number of imidazole rings is 1. The number of rotatable bonds is 8. The molecule has 14 heteroatoms. The van der Waals surface area contributed by atoms with Gasteiger partial charge in [0.1, 0.15) is 35.4 Å². The van der Waals surface area contributed by atoms with E-state index in [1.165, 1.54) is 10.9 Å². The third kappa shape index (κ3) is 5.88. The Labute approximate surface area is 231 Å². The summed E-state index contributed by atoms with van der Waals surface area (Å²) in [6, 6.07) is 0. The van der Waals surface area contributed by atoms with E-state index in [0.717, 1.165) is 25.7 Å². The fraction of sp³-hybridized carbons (Fsp3) is 0.692. The number of likely N-dealkylation sites (tertiary alicyclic amines) is 1. The second-order valence-electron chi connectivity index (χ2n) is 10.8. The summed E-state index contributed by atoms with van der Waals surface area (Å²) in [5.41, 5.74) is 6.86. The molecule has 0 radical (unpaired) electrons. The summed E-state index contributed by atoms with van der Waals surface area (Å²) in [4.78, 5) is 51.1. The lowest BCUT2D eigenvalue weighted by Crippen LogP contribution is -2.42. The van der Waals surface area contributed by atoms with Crippen molar-refractivity contribution in [2.75, 3.05) is 25.4 Å². The molecule has 2 saturated heterocycles. The molecule has 5 N–H and O–H groups in total. The van der Waals surface area contributed by atoms with E-state index in [-0.39, 0.29) is 23.8 Å². The fourth-order valence-electron chi connectivity index (χ4n) is 5.71. The number of ketones is 1. The van der Waals surface area contributed by atoms with E-state index in [4.69, 9.17) is 15.2 Å². The summed E-state index contributed by atoms with van der Waals surface area (Å²) in [6.45, 7) is 3.37. The number of carbonyl (C=O) groups is 3. The average Bonchev–Trinajstić information content (AvgIpc) is 3.62. The number of nitrogen functional groups attached to an aromatic ring is 1. The summed E-state index contributed by atoms with van der Waals surface area (Å²) in [6.07, 6.45) is 1.23. The number of nitrogens with two attached hydrogens (primary N) is 1. The zero-order valence-electron chi connectivity index (χ0n) is 22.6. The van der Waals surface area contributed by atoms with Crippen LogP contribution in [0.4, 0.5) is 10.6 Å². The van der Waals surface area contributed by atoms with E-state index in [1.807, 2.05) is 0 Å². The number of hydrogen-bond acceptors (Lipinski definition) is 11. The number of piperidine rings is 1. The molecule has 3 aliphatic rings. The minimum atomic E-state index is -1.41. The Morgan fingerprint density at radius 3 is 2.67 bits per heavy atom. The molecular formula is C26H37N7O7. The molecule has 2 amide bonds. The van der Waals surface area contributed by atoms with E-state index in [2.05, 4.69) is 20.3 Å². The van der Waals surface area contributed by atoms with Crippen molar-refractivity contribution in [1.29, 1.82) is 0 Å². The highest BCUT2D eigenvalue weighted by Crippen LogP contribution is 2.32. The maximum atomic E-state index is 12.4. The van der Waals surface area contributed by atoms with Gasteiger partial charge >= 0.3 is 6.09 Å². The first-order chi connectivity index (χ1) is 19.2. The number of anilines is 1. The molecule has 0 aromatic carbocycles. The normalized spacial score (nSPS) is 27.4. The molecule has 3 fully saturated rings. The number of Topliss-reactive ketones (excluding diaryl/α,β-unsaturated/α-hetero) is 1. The van der Waals surface area contributed by atoms with Crippen LogP contribution in [-0.4, -0.2) is 96.5 Å². The Balaban J connectivity index is 1.15. The lowest BCUT2D eigenvalue weighted by molar-refractivity contribution is -0.137. The molecule has 2 aromatic heterocycles. The van der Waals surface area contributed by atoms with Crippen LogP contribution in [0.15, 0.2) is 6.33 Å². The van der Waals surface area contributed by atoms with E-state index < -0.39 is 30.4 Å². The molecule has 40 heavy (non-hydrogen) atoms. The second-order valence-corrected chi connectivity index (χ2v) is 10.8. The van der Waals surface area contributed by atoms with Crippen molar-refractivity contribution in [2.45, 2.75) is 88.9 Å². The number of aliphatic hydroxyl groups excluding tert-OH is 2. The Morgan fingerprint density at radius 1 is 1.20 bits per heavy atom. The second kappa shape index (κ2) is 12.0. The third-order valence-electron chi connectivity index (χ3n) is 7.97. The molecule has 1 aliphatic carbocycles. The summed E-state index contributed by atoms with van der Waals surface area (Å²) < 4.78 is 12.7. The third-order valence-corrected chi connectivity index (χ3v) is 7.97. The van der Waals surface area contributed by atoms with E-state index in [9.17, 15) is 24.6 Å². The van der Waals surface area contributed by atoms with Crippen molar-refractivity contribution in [3.05, 3.63) is 12.2 Å². The highest BCUT2D eigenvalue weighted by atomic mass is 16.6. The smallest absolute Gasteiger partial charge is 0.410 e. The zero-order chi connectivity index (χ0) is 28.4. The van der Waals surface area contributed by atoms with Gasteiger partial charge in [-0.25, -0.2) is 19.7 Å². The number of ether oxygens (including phenoxy) is 2. The first-order valence-electron chi connectivity index (χ1n) is 14.0. The van der Waals surface area contributed by atoms with Crippen LogP contribution in [-0.2, 0) is 25.5 Å². The maximum absolute atomic E-state index is 12.4. The van der Waals surface area contributed by atoms with Gasteiger partial charge in [-0.15, -0.1) is 0 Å². The molecule has 0 spiro atoms. The van der Waals surface area contributed by atoms with Crippen LogP contribution in [0, 0.1) is 5.92 Å². The monoisotopic (exact) mass is 559 g/mol. The Kier molecular flexibility index (Phi) is 8.47. The predicted molar refractivity (Wildman–Crippen MR) is 141 cm³/mol. The van der Waals surface area contributed by atoms with Gasteiger partial charge in [0.2, 0.25) is 0 Å². The summed E-state index contributed by atoms with van der Waals surface area (Å²) in [5.74, 6) is 0.816. The van der Waals surface area contributed by atoms with Crippen molar-refractivity contribution >= 4 is 34.8 Å². The molecule has 5 rings (SSSR count). The molecular weight excluding hydrogens is 522 g/mol. The number of aryl methyl sites for hydroxylation is 1. The van der Waals surface area contributed by atoms with Crippen LogP contribution in [0.5, 0.6) is 0 Å². The van der Waals surface area contributed by atoms with Crippen LogP contribution in [0.2, 0.25) is 0 Å². The van der Waals surface area contributed by atoms with Gasteiger partial charge in [0.15, 0.2) is 23.8 Å². The Bertz CT molecular complexity index is 1250. The quantitative estimate of drug-likeness (QED) is 0.351. The summed E-state index contributed by atoms with van der Waals surface area (Å²) >= 11 is 0. The topological polar surface area (TPSA) is 195 Å². The minimum absolute atomic E-state index is 0.152. The number of amides is 2. The minimum Gasteiger partial charge on any atom is -0.446 e. The molecule has 5 atom stereocenters. The van der Waals surface area contributed by atoms with Gasteiger partial charge in [-0.3, -0.25) is 14.2 Å². The van der Waals surface area contributed by atoms with Gasteiger partial charge in [0.05, 0.1) is 6.33 Å². The molecule has 14 nitrogen and oxygen atoms in total. The number of nitrogens with one attached hydrogen (secondary N) is 1. The number of aliphatic hydroxyl groups is 2. The Hall–Kier alpha value is -3.36.